The van der Waals surface area contributed by atoms with Crippen LogP contribution in [0.3, 0.4) is 0 Å². The molecule has 0 saturated carbocycles. The minimum atomic E-state index is -0.848. The van der Waals surface area contributed by atoms with Gasteiger partial charge in [-0.2, -0.15) is 0 Å². The van der Waals surface area contributed by atoms with E-state index in [2.05, 4.69) is 32.9 Å². The lowest BCUT2D eigenvalue weighted by molar-refractivity contribution is 0.0702. The molecule has 0 spiro atoms. The summed E-state index contributed by atoms with van der Waals surface area (Å²) in [5.74, 6) is 0.0350. The fourth-order valence-corrected chi connectivity index (χ4v) is 4.17. The summed E-state index contributed by atoms with van der Waals surface area (Å²) in [7, 11) is 0. The second kappa shape index (κ2) is 5.80. The summed E-state index contributed by atoms with van der Waals surface area (Å²) in [6, 6.07) is 6.13. The van der Waals surface area contributed by atoms with Crippen LogP contribution >= 0.6 is 23.1 Å². The van der Waals surface area contributed by atoms with Crippen LogP contribution in [0.1, 0.15) is 31.9 Å². The zero-order valence-corrected chi connectivity index (χ0v) is 12.8. The predicted octanol–water partition coefficient (Wildman–Crippen LogP) is 4.66. The molecular formula is C15H16O2S2. The van der Waals surface area contributed by atoms with Gasteiger partial charge in [-0.05, 0) is 43.5 Å². The number of thiophene rings is 1. The Bertz CT molecular complexity index is 591. The molecule has 0 saturated heterocycles. The van der Waals surface area contributed by atoms with Crippen molar-refractivity contribution in [1.82, 2.24) is 0 Å². The molecule has 0 bridgehead atoms. The van der Waals surface area contributed by atoms with Crippen molar-refractivity contribution in [2.24, 2.45) is 0 Å². The second-order valence-corrected chi connectivity index (χ2v) is 6.58. The average molecular weight is 292 g/mol. The van der Waals surface area contributed by atoms with Crippen LogP contribution in [-0.4, -0.2) is 11.1 Å². The number of aromatic carboxylic acids is 1. The van der Waals surface area contributed by atoms with Gasteiger partial charge >= 0.3 is 5.97 Å². The molecule has 0 aliphatic carbocycles. The number of carbonyl (C=O) groups is 1. The number of aryl methyl sites for hydroxylation is 3. The Labute approximate surface area is 121 Å². The number of carboxylic acids is 1. The van der Waals surface area contributed by atoms with Crippen LogP contribution in [-0.2, 0) is 5.75 Å². The number of benzene rings is 1. The van der Waals surface area contributed by atoms with Crippen LogP contribution < -0.4 is 0 Å². The first-order valence-electron chi connectivity index (χ1n) is 5.98. The highest BCUT2D eigenvalue weighted by Crippen LogP contribution is 2.30. The first kappa shape index (κ1) is 14.2. The van der Waals surface area contributed by atoms with E-state index in [1.54, 1.807) is 17.8 Å². The van der Waals surface area contributed by atoms with Crippen molar-refractivity contribution in [3.8, 4) is 0 Å². The highest BCUT2D eigenvalue weighted by Gasteiger charge is 2.09. The molecule has 2 nitrogen and oxygen atoms in total. The van der Waals surface area contributed by atoms with E-state index in [1.807, 2.05) is 5.38 Å². The summed E-state index contributed by atoms with van der Waals surface area (Å²) in [4.78, 5) is 12.3. The van der Waals surface area contributed by atoms with Crippen molar-refractivity contribution in [3.05, 3.63) is 50.7 Å². The molecule has 0 aliphatic heterocycles. The summed E-state index contributed by atoms with van der Waals surface area (Å²) >= 11 is 2.98. The molecule has 100 valence electrons. The Hall–Kier alpha value is -1.26. The van der Waals surface area contributed by atoms with Crippen LogP contribution in [0.4, 0.5) is 0 Å². The van der Waals surface area contributed by atoms with Crippen molar-refractivity contribution in [2.45, 2.75) is 31.4 Å². The zero-order valence-electron chi connectivity index (χ0n) is 11.2. The smallest absolute Gasteiger partial charge is 0.345 e. The Kier molecular flexibility index (Phi) is 4.32. The number of carboxylic acid groups (broad SMARTS) is 1. The lowest BCUT2D eigenvalue weighted by Crippen LogP contribution is -1.93. The fraction of sp³-hybridized carbons (Fsp3) is 0.267. The molecule has 1 aromatic heterocycles. The zero-order chi connectivity index (χ0) is 14.0. The second-order valence-electron chi connectivity index (χ2n) is 4.62. The third-order valence-electron chi connectivity index (χ3n) is 3.01. The van der Waals surface area contributed by atoms with Gasteiger partial charge in [-0.1, -0.05) is 17.7 Å². The number of rotatable bonds is 4. The van der Waals surface area contributed by atoms with E-state index in [0.29, 0.717) is 4.88 Å². The molecule has 2 aromatic rings. The summed E-state index contributed by atoms with van der Waals surface area (Å²) in [5, 5.41) is 10.8. The molecule has 1 aromatic carbocycles. The molecule has 1 heterocycles. The van der Waals surface area contributed by atoms with Crippen LogP contribution in [0, 0.1) is 20.8 Å². The van der Waals surface area contributed by atoms with Crippen LogP contribution in [0.15, 0.2) is 28.5 Å². The minimum absolute atomic E-state index is 0.403. The van der Waals surface area contributed by atoms with Crippen molar-refractivity contribution in [1.29, 1.82) is 0 Å². The molecule has 0 unspecified atom stereocenters. The third-order valence-corrected chi connectivity index (χ3v) is 5.08. The molecule has 2 rings (SSSR count). The molecule has 1 N–H and O–H groups in total. The summed E-state index contributed by atoms with van der Waals surface area (Å²) in [6.07, 6.45) is 0. The maximum Gasteiger partial charge on any atom is 0.345 e. The molecule has 0 amide bonds. The number of thioether (sulfide) groups is 1. The first-order valence-corrected chi connectivity index (χ1v) is 7.85. The standard InChI is InChI=1S/C15H16O2S2/c1-9-4-10(2)13(11(3)5-9)8-18-12-6-14(15(16)17)19-7-12/h4-7H,8H2,1-3H3,(H,16,17). The summed E-state index contributed by atoms with van der Waals surface area (Å²) < 4.78 is 0. The van der Waals surface area contributed by atoms with Crippen LogP contribution in [0.25, 0.3) is 0 Å². The van der Waals surface area contributed by atoms with Crippen molar-refractivity contribution in [2.75, 3.05) is 0 Å². The Morgan fingerprint density at radius 1 is 1.21 bits per heavy atom. The molecule has 0 fully saturated rings. The molecule has 0 radical (unpaired) electrons. The van der Waals surface area contributed by atoms with Gasteiger partial charge in [-0.3, -0.25) is 0 Å². The van der Waals surface area contributed by atoms with E-state index in [1.165, 1.54) is 33.6 Å². The van der Waals surface area contributed by atoms with Gasteiger partial charge in [0, 0.05) is 16.0 Å². The van der Waals surface area contributed by atoms with Gasteiger partial charge in [-0.25, -0.2) is 4.79 Å². The molecular weight excluding hydrogens is 276 g/mol. The Morgan fingerprint density at radius 3 is 2.37 bits per heavy atom. The maximum atomic E-state index is 10.8. The van der Waals surface area contributed by atoms with Gasteiger partial charge in [0.25, 0.3) is 0 Å². The van der Waals surface area contributed by atoms with Gasteiger partial charge in [0.2, 0.25) is 0 Å². The third kappa shape index (κ3) is 3.39. The Morgan fingerprint density at radius 2 is 1.84 bits per heavy atom. The predicted molar refractivity (Wildman–Crippen MR) is 81.5 cm³/mol. The quantitative estimate of drug-likeness (QED) is 0.832. The van der Waals surface area contributed by atoms with Crippen LogP contribution in [0.5, 0.6) is 0 Å². The molecule has 0 atom stereocenters. The van der Waals surface area contributed by atoms with E-state index >= 15 is 0 Å². The van der Waals surface area contributed by atoms with E-state index in [-0.39, 0.29) is 0 Å². The van der Waals surface area contributed by atoms with Gasteiger partial charge in [0.15, 0.2) is 0 Å². The van der Waals surface area contributed by atoms with Crippen LogP contribution in [0.2, 0.25) is 0 Å². The highest BCUT2D eigenvalue weighted by molar-refractivity contribution is 7.98. The first-order chi connectivity index (χ1) is 8.97. The summed E-state index contributed by atoms with van der Waals surface area (Å²) in [6.45, 7) is 6.37. The Balaban J connectivity index is 2.12. The fourth-order valence-electron chi connectivity index (χ4n) is 2.10. The average Bonchev–Trinajstić information content (AvgIpc) is 2.76. The minimum Gasteiger partial charge on any atom is -0.477 e. The van der Waals surface area contributed by atoms with Gasteiger partial charge in [0.05, 0.1) is 0 Å². The number of hydrogen-bond donors (Lipinski definition) is 1. The molecule has 0 aliphatic rings. The summed E-state index contributed by atoms with van der Waals surface area (Å²) in [5.41, 5.74) is 5.24. The lowest BCUT2D eigenvalue weighted by atomic mass is 10.0. The van der Waals surface area contributed by atoms with Gasteiger partial charge in [-0.15, -0.1) is 23.1 Å². The van der Waals surface area contributed by atoms with E-state index < -0.39 is 5.97 Å². The topological polar surface area (TPSA) is 37.3 Å². The molecule has 4 heteroatoms. The van der Waals surface area contributed by atoms with E-state index in [9.17, 15) is 4.79 Å². The number of hydrogen-bond acceptors (Lipinski definition) is 3. The highest BCUT2D eigenvalue weighted by atomic mass is 32.2. The molecule has 19 heavy (non-hydrogen) atoms. The van der Waals surface area contributed by atoms with Gasteiger partial charge < -0.3 is 5.11 Å². The maximum absolute atomic E-state index is 10.8. The van der Waals surface area contributed by atoms with E-state index in [4.69, 9.17) is 5.11 Å². The lowest BCUT2D eigenvalue weighted by Gasteiger charge is -2.10. The van der Waals surface area contributed by atoms with Gasteiger partial charge in [0.1, 0.15) is 4.88 Å². The largest absolute Gasteiger partial charge is 0.477 e. The van der Waals surface area contributed by atoms with E-state index in [0.717, 1.165) is 10.6 Å². The van der Waals surface area contributed by atoms with Crippen molar-refractivity contribution < 1.29 is 9.90 Å². The van der Waals surface area contributed by atoms with Crippen molar-refractivity contribution >= 4 is 29.1 Å². The SMILES string of the molecule is Cc1cc(C)c(CSc2csc(C(=O)O)c2)c(C)c1. The monoisotopic (exact) mass is 292 g/mol. The normalized spacial score (nSPS) is 10.7. The van der Waals surface area contributed by atoms with Crippen molar-refractivity contribution in [3.63, 3.8) is 0 Å².